The number of rotatable bonds is 6. The van der Waals surface area contributed by atoms with E-state index in [1.807, 2.05) is 17.7 Å². The van der Waals surface area contributed by atoms with Crippen LogP contribution < -0.4 is 16.0 Å². The van der Waals surface area contributed by atoms with Crippen molar-refractivity contribution in [1.82, 2.24) is 25.1 Å². The van der Waals surface area contributed by atoms with Crippen molar-refractivity contribution in [3.63, 3.8) is 0 Å². The lowest BCUT2D eigenvalue weighted by Gasteiger charge is -2.26. The van der Waals surface area contributed by atoms with Gasteiger partial charge in [0.05, 0.1) is 11.6 Å². The fourth-order valence-electron chi connectivity index (χ4n) is 5.02. The predicted molar refractivity (Wildman–Crippen MR) is 131 cm³/mol. The number of aryl methyl sites for hydroxylation is 2. The Morgan fingerprint density at radius 3 is 2.97 bits per heavy atom. The fraction of sp³-hybridized carbons (Fsp3) is 0.500. The van der Waals surface area contributed by atoms with Gasteiger partial charge in [0.25, 0.3) is 5.91 Å². The van der Waals surface area contributed by atoms with Crippen molar-refractivity contribution in [3.8, 4) is 0 Å². The first-order chi connectivity index (χ1) is 16.5. The minimum absolute atomic E-state index is 0.0205. The minimum atomic E-state index is -0.233. The number of aromatic nitrogens is 4. The zero-order valence-corrected chi connectivity index (χ0v) is 20.3. The van der Waals surface area contributed by atoms with Crippen LogP contribution in [-0.4, -0.2) is 64.5 Å². The average Bonchev–Trinajstić information content (AvgIpc) is 3.37. The third-order valence-electron chi connectivity index (χ3n) is 6.93. The Labute approximate surface area is 203 Å². The highest BCUT2D eigenvalue weighted by Gasteiger charge is 2.31. The number of nitrogens with zero attached hydrogens (tertiary/aromatic N) is 5. The van der Waals surface area contributed by atoms with E-state index in [9.17, 15) is 4.79 Å². The van der Waals surface area contributed by atoms with Gasteiger partial charge in [-0.1, -0.05) is 17.7 Å². The molecule has 0 saturated carbocycles. The van der Waals surface area contributed by atoms with Crippen LogP contribution >= 0.6 is 11.6 Å². The predicted octanol–water partition coefficient (Wildman–Crippen LogP) is 2.20. The first kappa shape index (κ1) is 23.0. The second-order valence-electron chi connectivity index (χ2n) is 9.20. The number of methoxy groups -OCH3 is 1. The third kappa shape index (κ3) is 4.35. The molecule has 1 saturated heterocycles. The Balaban J connectivity index is 1.25. The molecule has 3 atom stereocenters. The quantitative estimate of drug-likeness (QED) is 0.552. The van der Waals surface area contributed by atoms with Crippen LogP contribution in [0.25, 0.3) is 11.0 Å². The summed E-state index contributed by atoms with van der Waals surface area (Å²) in [7, 11) is 1.71. The molecule has 3 aromatic heterocycles. The fourth-order valence-corrected chi connectivity index (χ4v) is 5.28. The van der Waals surface area contributed by atoms with Crippen LogP contribution in [0.4, 0.5) is 5.82 Å². The van der Waals surface area contributed by atoms with Crippen molar-refractivity contribution in [3.05, 3.63) is 46.4 Å². The highest BCUT2D eigenvalue weighted by Crippen LogP contribution is 2.27. The van der Waals surface area contributed by atoms with Gasteiger partial charge >= 0.3 is 0 Å². The second kappa shape index (κ2) is 9.48. The van der Waals surface area contributed by atoms with Gasteiger partial charge in [-0.2, -0.15) is 0 Å². The maximum atomic E-state index is 12.9. The largest absolute Gasteiger partial charge is 0.384 e. The number of carbonyl (C=O) groups is 1. The SMILES string of the molecule is CCn1cc(Cl)c2cc(C(=O)NC3CCc4nc(N5CC(N)C(COC)C5)ccc4C3)nnc21. The molecule has 1 aliphatic heterocycles. The Bertz CT molecular complexity index is 1210. The molecular weight excluding hydrogens is 454 g/mol. The van der Waals surface area contributed by atoms with Crippen LogP contribution in [0.5, 0.6) is 0 Å². The van der Waals surface area contributed by atoms with Crippen LogP contribution in [0.15, 0.2) is 24.4 Å². The van der Waals surface area contributed by atoms with E-state index in [0.29, 0.717) is 23.2 Å². The number of pyridine rings is 1. The molecule has 5 rings (SSSR count). The first-order valence-electron chi connectivity index (χ1n) is 11.8. The van der Waals surface area contributed by atoms with Crippen LogP contribution in [0.3, 0.4) is 0 Å². The zero-order valence-electron chi connectivity index (χ0n) is 19.5. The highest BCUT2D eigenvalue weighted by atomic mass is 35.5. The first-order valence-corrected chi connectivity index (χ1v) is 12.2. The van der Waals surface area contributed by atoms with E-state index in [4.69, 9.17) is 27.1 Å². The van der Waals surface area contributed by atoms with Crippen LogP contribution in [0, 0.1) is 5.92 Å². The minimum Gasteiger partial charge on any atom is -0.384 e. The summed E-state index contributed by atoms with van der Waals surface area (Å²) in [5.41, 5.74) is 9.51. The molecule has 180 valence electrons. The Morgan fingerprint density at radius 2 is 2.18 bits per heavy atom. The van der Waals surface area contributed by atoms with E-state index >= 15 is 0 Å². The van der Waals surface area contributed by atoms with Gasteiger partial charge in [0.15, 0.2) is 11.3 Å². The van der Waals surface area contributed by atoms with Crippen molar-refractivity contribution in [1.29, 1.82) is 0 Å². The van der Waals surface area contributed by atoms with E-state index < -0.39 is 0 Å². The van der Waals surface area contributed by atoms with Crippen molar-refractivity contribution < 1.29 is 9.53 Å². The van der Waals surface area contributed by atoms with Crippen molar-refractivity contribution in [2.75, 3.05) is 31.7 Å². The summed E-state index contributed by atoms with van der Waals surface area (Å²) < 4.78 is 7.22. The number of ether oxygens (including phenoxy) is 1. The molecule has 3 aromatic rings. The number of nitrogens with one attached hydrogen (secondary N) is 1. The summed E-state index contributed by atoms with van der Waals surface area (Å²) in [6.45, 7) is 5.05. The molecule has 3 N–H and O–H groups in total. The molecule has 0 bridgehead atoms. The summed E-state index contributed by atoms with van der Waals surface area (Å²) in [6.07, 6.45) is 4.19. The van der Waals surface area contributed by atoms with E-state index in [1.54, 1.807) is 13.2 Å². The number of hydrogen-bond donors (Lipinski definition) is 2. The number of hydrogen-bond acceptors (Lipinski definition) is 7. The maximum Gasteiger partial charge on any atom is 0.272 e. The number of amides is 1. The molecule has 9 nitrogen and oxygen atoms in total. The average molecular weight is 484 g/mol. The Morgan fingerprint density at radius 1 is 1.32 bits per heavy atom. The Hall–Kier alpha value is -2.75. The lowest BCUT2D eigenvalue weighted by Crippen LogP contribution is -2.39. The monoisotopic (exact) mass is 483 g/mol. The van der Waals surface area contributed by atoms with Gasteiger partial charge in [-0.3, -0.25) is 4.79 Å². The molecule has 1 amide bonds. The van der Waals surface area contributed by atoms with Crippen molar-refractivity contribution >= 4 is 34.4 Å². The van der Waals surface area contributed by atoms with E-state index in [-0.39, 0.29) is 23.7 Å². The lowest BCUT2D eigenvalue weighted by atomic mass is 9.91. The van der Waals surface area contributed by atoms with E-state index in [2.05, 4.69) is 32.5 Å². The second-order valence-corrected chi connectivity index (χ2v) is 9.61. The highest BCUT2D eigenvalue weighted by molar-refractivity contribution is 6.35. The molecule has 0 radical (unpaired) electrons. The summed E-state index contributed by atoms with van der Waals surface area (Å²) in [4.78, 5) is 20.1. The van der Waals surface area contributed by atoms with Gasteiger partial charge in [-0.25, -0.2) is 4.98 Å². The molecule has 2 aliphatic rings. The maximum absolute atomic E-state index is 12.9. The zero-order chi connectivity index (χ0) is 23.8. The number of carbonyl (C=O) groups excluding carboxylic acids is 1. The topological polar surface area (TPSA) is 111 Å². The van der Waals surface area contributed by atoms with Gasteiger partial charge < -0.3 is 25.3 Å². The molecule has 1 aliphatic carbocycles. The summed E-state index contributed by atoms with van der Waals surface area (Å²) in [6, 6.07) is 6.02. The summed E-state index contributed by atoms with van der Waals surface area (Å²) >= 11 is 6.33. The molecule has 1 fully saturated rings. The molecule has 4 heterocycles. The van der Waals surface area contributed by atoms with Crippen molar-refractivity contribution in [2.45, 2.75) is 44.8 Å². The van der Waals surface area contributed by atoms with E-state index in [0.717, 1.165) is 55.8 Å². The van der Waals surface area contributed by atoms with Gasteiger partial charge in [0.2, 0.25) is 0 Å². The van der Waals surface area contributed by atoms with Gasteiger partial charge in [0, 0.05) is 62.0 Å². The smallest absolute Gasteiger partial charge is 0.272 e. The van der Waals surface area contributed by atoms with Crippen LogP contribution in [0.1, 0.15) is 35.1 Å². The van der Waals surface area contributed by atoms with Crippen LogP contribution in [0.2, 0.25) is 5.02 Å². The number of fused-ring (bicyclic) bond motifs is 2. The number of nitrogens with two attached hydrogens (primary N) is 1. The Kier molecular flexibility index (Phi) is 6.42. The number of halogens is 1. The van der Waals surface area contributed by atoms with Crippen LogP contribution in [-0.2, 0) is 24.1 Å². The standard InChI is InChI=1S/C24H30ClN7O2/c1-3-31-11-18(25)17-9-21(29-30-23(17)31)24(33)27-16-5-6-20-14(8-16)4-7-22(28-20)32-10-15(13-34-2)19(26)12-32/h4,7,9,11,15-16,19H,3,5-6,8,10,12-13,26H2,1-2H3,(H,27,33). The molecule has 34 heavy (non-hydrogen) atoms. The molecule has 0 aromatic carbocycles. The molecule has 3 unspecified atom stereocenters. The molecular formula is C24H30ClN7O2. The molecule has 10 heteroatoms. The van der Waals surface area contributed by atoms with Gasteiger partial charge in [-0.15, -0.1) is 10.2 Å². The molecule has 0 spiro atoms. The third-order valence-corrected chi connectivity index (χ3v) is 7.23. The lowest BCUT2D eigenvalue weighted by molar-refractivity contribution is 0.0927. The summed E-state index contributed by atoms with van der Waals surface area (Å²) in [5, 5.41) is 12.8. The summed E-state index contributed by atoms with van der Waals surface area (Å²) in [5.74, 6) is 1.05. The number of anilines is 1. The van der Waals surface area contributed by atoms with Gasteiger partial charge in [0.1, 0.15) is 5.82 Å². The van der Waals surface area contributed by atoms with E-state index in [1.165, 1.54) is 5.56 Å². The normalized spacial score (nSPS) is 22.2. The van der Waals surface area contributed by atoms with Gasteiger partial charge in [-0.05, 0) is 43.9 Å². The van der Waals surface area contributed by atoms with Crippen molar-refractivity contribution in [2.24, 2.45) is 11.7 Å².